The number of aliphatic hydroxyl groups excluding tert-OH is 1. The summed E-state index contributed by atoms with van der Waals surface area (Å²) in [5.74, 6) is 0.684. The highest BCUT2D eigenvalue weighted by Crippen LogP contribution is 2.36. The lowest BCUT2D eigenvalue weighted by Gasteiger charge is -2.21. The number of halogens is 2. The summed E-state index contributed by atoms with van der Waals surface area (Å²) in [6.07, 6.45) is 2.92. The summed E-state index contributed by atoms with van der Waals surface area (Å²) >= 11 is 12.1. The molecule has 0 amide bonds. The van der Waals surface area contributed by atoms with Gasteiger partial charge in [0.1, 0.15) is 12.4 Å². The standard InChI is InChI=1S/C14H17Cl2NO2/c1-2-12(7-18)17-6-9-3-10-4-11(15)5-13(16)14(10)19-8-9/h3-5,12,17-18H,2,6-8H2,1H3. The molecule has 0 saturated heterocycles. The molecule has 1 aromatic carbocycles. The topological polar surface area (TPSA) is 41.5 Å². The van der Waals surface area contributed by atoms with Crippen LogP contribution >= 0.6 is 23.2 Å². The van der Waals surface area contributed by atoms with Gasteiger partial charge < -0.3 is 15.2 Å². The van der Waals surface area contributed by atoms with Crippen LogP contribution in [0.15, 0.2) is 17.7 Å². The lowest BCUT2D eigenvalue weighted by Crippen LogP contribution is -2.34. The summed E-state index contributed by atoms with van der Waals surface area (Å²) in [4.78, 5) is 0. The molecule has 0 aliphatic carbocycles. The normalized spacial score (nSPS) is 15.5. The van der Waals surface area contributed by atoms with Gasteiger partial charge in [-0.2, -0.15) is 0 Å². The molecule has 1 aliphatic heterocycles. The number of ether oxygens (including phenoxy) is 1. The first-order valence-corrected chi connectivity index (χ1v) is 7.05. The zero-order chi connectivity index (χ0) is 13.8. The molecule has 19 heavy (non-hydrogen) atoms. The molecule has 2 N–H and O–H groups in total. The minimum Gasteiger partial charge on any atom is -0.487 e. The summed E-state index contributed by atoms with van der Waals surface area (Å²) in [5.41, 5.74) is 2.01. The number of nitrogens with one attached hydrogen (secondary N) is 1. The Kier molecular flexibility index (Phi) is 5.11. The predicted molar refractivity (Wildman–Crippen MR) is 79.1 cm³/mol. The predicted octanol–water partition coefficient (Wildman–Crippen LogP) is 3.13. The quantitative estimate of drug-likeness (QED) is 0.878. The lowest BCUT2D eigenvalue weighted by atomic mass is 10.1. The van der Waals surface area contributed by atoms with Crippen molar-refractivity contribution in [2.24, 2.45) is 0 Å². The van der Waals surface area contributed by atoms with E-state index in [1.54, 1.807) is 6.07 Å². The van der Waals surface area contributed by atoms with Crippen molar-refractivity contribution < 1.29 is 9.84 Å². The number of fused-ring (bicyclic) bond motifs is 1. The van der Waals surface area contributed by atoms with Crippen molar-refractivity contribution in [3.63, 3.8) is 0 Å². The van der Waals surface area contributed by atoms with E-state index in [0.717, 1.165) is 17.6 Å². The van der Waals surface area contributed by atoms with Gasteiger partial charge in [0, 0.05) is 23.2 Å². The molecule has 0 aromatic heterocycles. The van der Waals surface area contributed by atoms with Gasteiger partial charge in [-0.1, -0.05) is 30.1 Å². The summed E-state index contributed by atoms with van der Waals surface area (Å²) in [7, 11) is 0. The Morgan fingerprint density at radius 3 is 2.89 bits per heavy atom. The molecule has 5 heteroatoms. The molecule has 2 rings (SSSR count). The van der Waals surface area contributed by atoms with Crippen LogP contribution in [0.2, 0.25) is 10.0 Å². The number of hydrogen-bond acceptors (Lipinski definition) is 3. The second kappa shape index (κ2) is 6.62. The highest BCUT2D eigenvalue weighted by molar-refractivity contribution is 6.36. The molecule has 1 aromatic rings. The van der Waals surface area contributed by atoms with Crippen LogP contribution < -0.4 is 10.1 Å². The molecule has 1 aliphatic rings. The van der Waals surface area contributed by atoms with E-state index >= 15 is 0 Å². The first-order valence-electron chi connectivity index (χ1n) is 6.29. The second-order valence-electron chi connectivity index (χ2n) is 4.57. The third-order valence-electron chi connectivity index (χ3n) is 3.13. The summed E-state index contributed by atoms with van der Waals surface area (Å²) in [5, 5.41) is 13.6. The van der Waals surface area contributed by atoms with Crippen LogP contribution in [0.1, 0.15) is 18.9 Å². The third-order valence-corrected chi connectivity index (χ3v) is 3.63. The van der Waals surface area contributed by atoms with E-state index in [2.05, 4.69) is 5.32 Å². The van der Waals surface area contributed by atoms with Gasteiger partial charge in [0.15, 0.2) is 0 Å². The third kappa shape index (κ3) is 3.63. The zero-order valence-corrected chi connectivity index (χ0v) is 12.3. The van der Waals surface area contributed by atoms with Crippen molar-refractivity contribution in [1.82, 2.24) is 5.32 Å². The molecule has 1 atom stereocenters. The Balaban J connectivity index is 2.10. The fourth-order valence-corrected chi connectivity index (χ4v) is 2.55. The highest BCUT2D eigenvalue weighted by Gasteiger charge is 2.16. The molecule has 104 valence electrons. The number of hydrogen-bond donors (Lipinski definition) is 2. The van der Waals surface area contributed by atoms with Crippen molar-refractivity contribution in [2.75, 3.05) is 19.8 Å². The average molecular weight is 302 g/mol. The maximum Gasteiger partial charge on any atom is 0.145 e. The van der Waals surface area contributed by atoms with Gasteiger partial charge >= 0.3 is 0 Å². The van der Waals surface area contributed by atoms with Crippen LogP contribution in [-0.4, -0.2) is 30.9 Å². The first kappa shape index (κ1) is 14.7. The maximum atomic E-state index is 9.14. The minimum absolute atomic E-state index is 0.116. The molecule has 3 nitrogen and oxygen atoms in total. The molecule has 1 unspecified atom stereocenters. The molecule has 0 bridgehead atoms. The van der Waals surface area contributed by atoms with Gasteiger partial charge in [-0.15, -0.1) is 0 Å². The SMILES string of the molecule is CCC(CO)NCC1=Cc2cc(Cl)cc(Cl)c2OC1. The fraction of sp³-hybridized carbons (Fsp3) is 0.429. The van der Waals surface area contributed by atoms with Crippen LogP contribution in [0.25, 0.3) is 6.08 Å². The fourth-order valence-electron chi connectivity index (χ4n) is 1.98. The highest BCUT2D eigenvalue weighted by atomic mass is 35.5. The van der Waals surface area contributed by atoms with E-state index in [4.69, 9.17) is 33.0 Å². The van der Waals surface area contributed by atoms with Crippen LogP contribution in [-0.2, 0) is 0 Å². The van der Waals surface area contributed by atoms with E-state index < -0.39 is 0 Å². The molecule has 0 fully saturated rings. The van der Waals surface area contributed by atoms with Crippen molar-refractivity contribution >= 4 is 29.3 Å². The molecular weight excluding hydrogens is 285 g/mol. The van der Waals surface area contributed by atoms with Crippen molar-refractivity contribution in [1.29, 1.82) is 0 Å². The van der Waals surface area contributed by atoms with Crippen LogP contribution in [0.4, 0.5) is 0 Å². The van der Waals surface area contributed by atoms with Gasteiger partial charge in [0.2, 0.25) is 0 Å². The maximum absolute atomic E-state index is 9.14. The van der Waals surface area contributed by atoms with E-state index in [9.17, 15) is 0 Å². The van der Waals surface area contributed by atoms with E-state index in [1.807, 2.05) is 19.1 Å². The lowest BCUT2D eigenvalue weighted by molar-refractivity contribution is 0.240. The largest absolute Gasteiger partial charge is 0.487 e. The molecular formula is C14H17Cl2NO2. The second-order valence-corrected chi connectivity index (χ2v) is 5.41. The van der Waals surface area contributed by atoms with Crippen LogP contribution in [0.5, 0.6) is 5.75 Å². The number of aliphatic hydroxyl groups is 1. The van der Waals surface area contributed by atoms with Crippen LogP contribution in [0.3, 0.4) is 0 Å². The number of rotatable bonds is 5. The van der Waals surface area contributed by atoms with Crippen molar-refractivity contribution in [2.45, 2.75) is 19.4 Å². The number of benzene rings is 1. The summed E-state index contributed by atoms with van der Waals surface area (Å²) < 4.78 is 5.66. The Hall–Kier alpha value is -0.740. The van der Waals surface area contributed by atoms with Crippen molar-refractivity contribution in [3.8, 4) is 5.75 Å². The van der Waals surface area contributed by atoms with Gasteiger partial charge in [-0.25, -0.2) is 0 Å². The van der Waals surface area contributed by atoms with E-state index in [0.29, 0.717) is 28.9 Å². The van der Waals surface area contributed by atoms with E-state index in [-0.39, 0.29) is 12.6 Å². The Bertz CT molecular complexity index is 485. The summed E-state index contributed by atoms with van der Waals surface area (Å²) in [6.45, 7) is 3.36. The smallest absolute Gasteiger partial charge is 0.145 e. The van der Waals surface area contributed by atoms with Gasteiger partial charge in [-0.3, -0.25) is 0 Å². The van der Waals surface area contributed by atoms with Gasteiger partial charge in [0.25, 0.3) is 0 Å². The van der Waals surface area contributed by atoms with Gasteiger partial charge in [0.05, 0.1) is 11.6 Å². The molecule has 0 saturated carbocycles. The molecule has 0 spiro atoms. The van der Waals surface area contributed by atoms with Gasteiger partial charge in [-0.05, 0) is 30.2 Å². The Labute approximate surface area is 123 Å². The Morgan fingerprint density at radius 1 is 1.42 bits per heavy atom. The monoisotopic (exact) mass is 301 g/mol. The van der Waals surface area contributed by atoms with Crippen molar-refractivity contribution in [3.05, 3.63) is 33.3 Å². The average Bonchev–Trinajstić information content (AvgIpc) is 2.39. The summed E-state index contributed by atoms with van der Waals surface area (Å²) in [6, 6.07) is 3.63. The van der Waals surface area contributed by atoms with E-state index in [1.165, 1.54) is 0 Å². The first-order chi connectivity index (χ1) is 9.13. The zero-order valence-electron chi connectivity index (χ0n) is 10.7. The molecule has 1 heterocycles. The minimum atomic E-state index is 0.116. The molecule has 0 radical (unpaired) electrons. The van der Waals surface area contributed by atoms with Crippen LogP contribution in [0, 0.1) is 0 Å². The Morgan fingerprint density at radius 2 is 2.21 bits per heavy atom.